The monoisotopic (exact) mass is 177 g/mol. The van der Waals surface area contributed by atoms with Crippen LogP contribution in [0.5, 0.6) is 0 Å². The third-order valence-electron chi connectivity index (χ3n) is 1.57. The zero-order valence-electron chi connectivity index (χ0n) is 7.53. The Labute approximate surface area is 71.7 Å². The molecule has 0 radical (unpaired) electrons. The molecule has 12 heavy (non-hydrogen) atoms. The second-order valence-electron chi connectivity index (χ2n) is 2.30. The zero-order valence-corrected chi connectivity index (χ0v) is 7.53. The Morgan fingerprint density at radius 2 is 2.17 bits per heavy atom. The van der Waals surface area contributed by atoms with Crippen LogP contribution in [-0.4, -0.2) is 44.7 Å². The van der Waals surface area contributed by atoms with Crippen molar-refractivity contribution in [1.29, 1.82) is 0 Å². The maximum Gasteiger partial charge on any atom is 0.307 e. The molecule has 0 fully saturated rings. The SMILES string of the molecule is CNC(CC(=O)OC)C(O)OC. The van der Waals surface area contributed by atoms with Gasteiger partial charge in [0, 0.05) is 7.11 Å². The molecule has 2 N–H and O–H groups in total. The minimum Gasteiger partial charge on any atom is -0.469 e. The number of esters is 1. The number of rotatable bonds is 5. The fourth-order valence-corrected chi connectivity index (χ4v) is 0.773. The van der Waals surface area contributed by atoms with Crippen LogP contribution in [0.15, 0.2) is 0 Å². The van der Waals surface area contributed by atoms with Crippen molar-refractivity contribution in [3.8, 4) is 0 Å². The zero-order chi connectivity index (χ0) is 9.56. The largest absolute Gasteiger partial charge is 0.469 e. The molecule has 0 aliphatic rings. The predicted octanol–water partition coefficient (Wildman–Crippen LogP) is -0.898. The Kier molecular flexibility index (Phi) is 5.61. The van der Waals surface area contributed by atoms with E-state index in [4.69, 9.17) is 5.11 Å². The van der Waals surface area contributed by atoms with Gasteiger partial charge in [-0.05, 0) is 7.05 Å². The van der Waals surface area contributed by atoms with Crippen molar-refractivity contribution >= 4 is 5.97 Å². The first kappa shape index (κ1) is 11.4. The molecular formula is C7H15NO4. The third-order valence-corrected chi connectivity index (χ3v) is 1.57. The van der Waals surface area contributed by atoms with Crippen LogP contribution in [0.1, 0.15) is 6.42 Å². The topological polar surface area (TPSA) is 67.8 Å². The molecule has 5 heteroatoms. The smallest absolute Gasteiger partial charge is 0.307 e. The average Bonchev–Trinajstić information content (AvgIpc) is 2.12. The maximum atomic E-state index is 10.8. The van der Waals surface area contributed by atoms with E-state index >= 15 is 0 Å². The molecule has 0 aromatic rings. The van der Waals surface area contributed by atoms with Crippen molar-refractivity contribution in [3.05, 3.63) is 0 Å². The minimum absolute atomic E-state index is 0.0853. The highest BCUT2D eigenvalue weighted by molar-refractivity contribution is 5.69. The van der Waals surface area contributed by atoms with E-state index in [0.717, 1.165) is 0 Å². The molecule has 0 aliphatic carbocycles. The number of hydrogen-bond donors (Lipinski definition) is 2. The molecule has 0 amide bonds. The summed E-state index contributed by atoms with van der Waals surface area (Å²) in [6.45, 7) is 0. The Bertz CT molecular complexity index is 139. The van der Waals surface area contributed by atoms with E-state index in [9.17, 15) is 4.79 Å². The van der Waals surface area contributed by atoms with Crippen molar-refractivity contribution in [1.82, 2.24) is 5.32 Å². The highest BCUT2D eigenvalue weighted by Gasteiger charge is 2.20. The number of likely N-dealkylation sites (N-methyl/N-ethyl adjacent to an activating group) is 1. The normalized spacial score (nSPS) is 15.3. The van der Waals surface area contributed by atoms with Crippen molar-refractivity contribution in [2.45, 2.75) is 18.8 Å². The summed E-state index contributed by atoms with van der Waals surface area (Å²) in [5.74, 6) is -0.384. The first-order valence-electron chi connectivity index (χ1n) is 3.60. The number of aliphatic hydroxyl groups excluding tert-OH is 1. The lowest BCUT2D eigenvalue weighted by atomic mass is 10.2. The van der Waals surface area contributed by atoms with E-state index in [1.807, 2.05) is 0 Å². The van der Waals surface area contributed by atoms with Crippen LogP contribution in [0.3, 0.4) is 0 Å². The van der Waals surface area contributed by atoms with Gasteiger partial charge in [0.15, 0.2) is 6.29 Å². The van der Waals surface area contributed by atoms with Gasteiger partial charge in [-0.25, -0.2) is 0 Å². The van der Waals surface area contributed by atoms with Gasteiger partial charge in [0.05, 0.1) is 19.6 Å². The first-order chi connectivity index (χ1) is 5.65. The summed E-state index contributed by atoms with van der Waals surface area (Å²) in [4.78, 5) is 10.8. The Morgan fingerprint density at radius 3 is 2.50 bits per heavy atom. The number of hydrogen-bond acceptors (Lipinski definition) is 5. The van der Waals surface area contributed by atoms with Gasteiger partial charge >= 0.3 is 5.97 Å². The molecule has 0 heterocycles. The maximum absolute atomic E-state index is 10.8. The van der Waals surface area contributed by atoms with Gasteiger partial charge in [0.1, 0.15) is 0 Å². The number of methoxy groups -OCH3 is 2. The molecule has 72 valence electrons. The first-order valence-corrected chi connectivity index (χ1v) is 3.60. The van der Waals surface area contributed by atoms with Gasteiger partial charge in [-0.1, -0.05) is 0 Å². The molecule has 5 nitrogen and oxygen atoms in total. The Hall–Kier alpha value is -0.650. The van der Waals surface area contributed by atoms with Crippen molar-refractivity contribution in [2.75, 3.05) is 21.3 Å². The van der Waals surface area contributed by atoms with Crippen LogP contribution >= 0.6 is 0 Å². The minimum atomic E-state index is -0.992. The summed E-state index contributed by atoms with van der Waals surface area (Å²) >= 11 is 0. The average molecular weight is 177 g/mol. The van der Waals surface area contributed by atoms with Gasteiger partial charge < -0.3 is 19.9 Å². The summed E-state index contributed by atoms with van der Waals surface area (Å²) in [7, 11) is 4.30. The van der Waals surface area contributed by atoms with E-state index in [0.29, 0.717) is 0 Å². The van der Waals surface area contributed by atoms with Crippen LogP contribution < -0.4 is 5.32 Å². The molecule has 0 saturated carbocycles. The van der Waals surface area contributed by atoms with Crippen LogP contribution in [-0.2, 0) is 14.3 Å². The Balaban J connectivity index is 3.90. The summed E-state index contributed by atoms with van der Waals surface area (Å²) < 4.78 is 9.07. The van der Waals surface area contributed by atoms with Gasteiger partial charge in [0.25, 0.3) is 0 Å². The molecule has 0 aromatic heterocycles. The lowest BCUT2D eigenvalue weighted by Gasteiger charge is -2.19. The summed E-state index contributed by atoms with van der Waals surface area (Å²) in [6, 6.07) is -0.428. The molecule has 0 saturated heterocycles. The van der Waals surface area contributed by atoms with Crippen LogP contribution in [0.25, 0.3) is 0 Å². The quantitative estimate of drug-likeness (QED) is 0.421. The van der Waals surface area contributed by atoms with E-state index in [2.05, 4.69) is 14.8 Å². The second-order valence-corrected chi connectivity index (χ2v) is 2.30. The molecule has 0 rings (SSSR count). The molecular weight excluding hydrogens is 162 g/mol. The predicted molar refractivity (Wildman–Crippen MR) is 42.5 cm³/mol. The second kappa shape index (κ2) is 5.93. The van der Waals surface area contributed by atoms with Gasteiger partial charge in [-0.2, -0.15) is 0 Å². The van der Waals surface area contributed by atoms with Gasteiger partial charge in [-0.3, -0.25) is 4.79 Å². The number of carbonyl (C=O) groups is 1. The molecule has 2 unspecified atom stereocenters. The number of carbonyl (C=O) groups excluding carboxylic acids is 1. The van der Waals surface area contributed by atoms with E-state index < -0.39 is 12.3 Å². The van der Waals surface area contributed by atoms with Crippen molar-refractivity contribution in [2.24, 2.45) is 0 Å². The van der Waals surface area contributed by atoms with E-state index in [1.165, 1.54) is 14.2 Å². The van der Waals surface area contributed by atoms with E-state index in [1.54, 1.807) is 7.05 Å². The van der Waals surface area contributed by atoms with Crippen LogP contribution in [0.2, 0.25) is 0 Å². The summed E-state index contributed by atoms with van der Waals surface area (Å²) in [6.07, 6.45) is -0.906. The van der Waals surface area contributed by atoms with Gasteiger partial charge in [0.2, 0.25) is 0 Å². The van der Waals surface area contributed by atoms with Crippen LogP contribution in [0.4, 0.5) is 0 Å². The van der Waals surface area contributed by atoms with E-state index in [-0.39, 0.29) is 12.4 Å². The summed E-state index contributed by atoms with van der Waals surface area (Å²) in [5, 5.41) is 11.9. The highest BCUT2D eigenvalue weighted by Crippen LogP contribution is 2.00. The third kappa shape index (κ3) is 3.66. The number of nitrogens with one attached hydrogen (secondary N) is 1. The van der Waals surface area contributed by atoms with Gasteiger partial charge in [-0.15, -0.1) is 0 Å². The van der Waals surface area contributed by atoms with Crippen LogP contribution in [0, 0.1) is 0 Å². The standard InChI is InChI=1S/C7H15NO4/c1-8-5(7(10)12-3)4-6(9)11-2/h5,7-8,10H,4H2,1-3H3. The lowest BCUT2D eigenvalue weighted by Crippen LogP contribution is -2.40. The fourth-order valence-electron chi connectivity index (χ4n) is 0.773. The van der Waals surface area contributed by atoms with Crippen molar-refractivity contribution in [3.63, 3.8) is 0 Å². The highest BCUT2D eigenvalue weighted by atomic mass is 16.6. The fraction of sp³-hybridized carbons (Fsp3) is 0.857. The molecule has 0 aliphatic heterocycles. The molecule has 0 bridgehead atoms. The number of aliphatic hydroxyl groups is 1. The lowest BCUT2D eigenvalue weighted by molar-refractivity contribution is -0.146. The summed E-state index contributed by atoms with van der Waals surface area (Å²) in [5.41, 5.74) is 0. The molecule has 2 atom stereocenters. The number of ether oxygens (including phenoxy) is 2. The molecule has 0 spiro atoms. The molecule has 0 aromatic carbocycles. The van der Waals surface area contributed by atoms with Crippen molar-refractivity contribution < 1.29 is 19.4 Å². The Morgan fingerprint density at radius 1 is 1.58 bits per heavy atom.